The molecule has 0 saturated heterocycles. The van der Waals surface area contributed by atoms with Crippen LogP contribution in [0.3, 0.4) is 0 Å². The van der Waals surface area contributed by atoms with E-state index in [1.165, 1.54) is 22.9 Å². The maximum atomic E-state index is 13.2. The first-order valence-corrected chi connectivity index (χ1v) is 9.92. The number of nitrogens with zero attached hydrogens (tertiary/aromatic N) is 1. The average Bonchev–Trinajstić information content (AvgIpc) is 3.35. The lowest BCUT2D eigenvalue weighted by Gasteiger charge is -2.15. The van der Waals surface area contributed by atoms with E-state index in [0.29, 0.717) is 17.6 Å². The summed E-state index contributed by atoms with van der Waals surface area (Å²) < 4.78 is 85.2. The molecule has 0 saturated carbocycles. The molecule has 35 heavy (non-hydrogen) atoms. The van der Waals surface area contributed by atoms with Crippen molar-refractivity contribution >= 4 is 28.6 Å². The largest absolute Gasteiger partial charge is 0.456 e. The number of hydrogen-bond donors (Lipinski definition) is 1. The molecule has 0 radical (unpaired) electrons. The minimum atomic E-state index is -5.01. The number of esters is 1. The lowest BCUT2D eigenvalue weighted by molar-refractivity contribution is -0.143. The van der Waals surface area contributed by atoms with Crippen molar-refractivity contribution < 1.29 is 45.5 Å². The lowest BCUT2D eigenvalue weighted by Crippen LogP contribution is -2.31. The Morgan fingerprint density at radius 1 is 0.971 bits per heavy atom. The van der Waals surface area contributed by atoms with Gasteiger partial charge < -0.3 is 14.6 Å². The molecular formula is C23H14F6N2O4. The third-order valence-electron chi connectivity index (χ3n) is 5.18. The van der Waals surface area contributed by atoms with E-state index < -0.39 is 47.7 Å². The number of ketones is 1. The van der Waals surface area contributed by atoms with E-state index in [2.05, 4.69) is 10.1 Å². The van der Waals surface area contributed by atoms with Gasteiger partial charge in [-0.2, -0.15) is 26.3 Å². The zero-order chi connectivity index (χ0) is 25.5. The maximum Gasteiger partial charge on any atom is 0.416 e. The van der Waals surface area contributed by atoms with E-state index in [1.54, 1.807) is 12.1 Å². The Bertz CT molecular complexity index is 1350. The number of carbonyl (C=O) groups excluding carboxylic acids is 3. The van der Waals surface area contributed by atoms with Crippen molar-refractivity contribution in [3.8, 4) is 0 Å². The summed E-state index contributed by atoms with van der Waals surface area (Å²) >= 11 is 0. The molecule has 182 valence electrons. The molecule has 3 aromatic rings. The number of carbonyl (C=O) groups is 3. The first-order valence-electron chi connectivity index (χ1n) is 9.92. The standard InChI is InChI=1S/C23H14F6N2O4/c24-22(25,26)13-5-12(6-14(7-13)23(27,28)29)9-31-10-17(16-3-1-2-4-18(16)31)20(33)21(34)30-15-8-19(32)35-11-15/h1-8,10H,9,11H2,(H,30,34). The van der Waals surface area contributed by atoms with E-state index in [4.69, 9.17) is 0 Å². The molecule has 0 atom stereocenters. The number of nitrogens with one attached hydrogen (secondary N) is 1. The van der Waals surface area contributed by atoms with Gasteiger partial charge >= 0.3 is 18.3 Å². The Labute approximate surface area is 192 Å². The molecule has 0 bridgehead atoms. The number of cyclic esters (lactones) is 1. The Kier molecular flexibility index (Phi) is 5.91. The number of halogens is 6. The van der Waals surface area contributed by atoms with Crippen molar-refractivity contribution in [1.82, 2.24) is 9.88 Å². The second-order valence-corrected chi connectivity index (χ2v) is 7.66. The van der Waals surface area contributed by atoms with Crippen LogP contribution >= 0.6 is 0 Å². The van der Waals surface area contributed by atoms with Gasteiger partial charge in [0.2, 0.25) is 0 Å². The Hall–Kier alpha value is -4.09. The first kappa shape index (κ1) is 24.0. The molecule has 2 aromatic carbocycles. The quantitative estimate of drug-likeness (QED) is 0.245. The van der Waals surface area contributed by atoms with Crippen molar-refractivity contribution in [3.05, 3.63) is 82.7 Å². The molecule has 12 heteroatoms. The third kappa shape index (κ3) is 5.05. The summed E-state index contributed by atoms with van der Waals surface area (Å²) in [6, 6.07) is 7.34. The summed E-state index contributed by atoms with van der Waals surface area (Å²) in [5.74, 6) is -2.79. The number of alkyl halides is 6. The van der Waals surface area contributed by atoms with E-state index in [-0.39, 0.29) is 34.9 Å². The van der Waals surface area contributed by atoms with Gasteiger partial charge in [0.15, 0.2) is 0 Å². The van der Waals surface area contributed by atoms with Crippen LogP contribution in [0, 0.1) is 0 Å². The Morgan fingerprint density at radius 3 is 2.17 bits per heavy atom. The Morgan fingerprint density at radius 2 is 1.60 bits per heavy atom. The summed E-state index contributed by atoms with van der Waals surface area (Å²) in [6.45, 7) is -0.660. The zero-order valence-corrected chi connectivity index (χ0v) is 17.5. The molecule has 0 unspecified atom stereocenters. The molecule has 2 heterocycles. The van der Waals surface area contributed by atoms with Crippen molar-refractivity contribution in [2.75, 3.05) is 6.61 Å². The topological polar surface area (TPSA) is 77.4 Å². The summed E-state index contributed by atoms with van der Waals surface area (Å²) in [5.41, 5.74) is -2.96. The second kappa shape index (κ2) is 8.60. The number of amides is 1. The molecule has 1 aliphatic heterocycles. The van der Waals surface area contributed by atoms with Gasteiger partial charge in [0.1, 0.15) is 6.61 Å². The van der Waals surface area contributed by atoms with Crippen LogP contribution in [-0.2, 0) is 33.2 Å². The van der Waals surface area contributed by atoms with Crippen molar-refractivity contribution in [1.29, 1.82) is 0 Å². The number of Topliss-reactive ketones (excluding diaryl/α,β-unsaturated/α-hetero) is 1. The zero-order valence-electron chi connectivity index (χ0n) is 17.5. The normalized spacial score (nSPS) is 14.1. The van der Waals surface area contributed by atoms with E-state index >= 15 is 0 Å². The molecule has 0 spiro atoms. The van der Waals surface area contributed by atoms with Gasteiger partial charge in [-0.3, -0.25) is 9.59 Å². The van der Waals surface area contributed by atoms with Crippen LogP contribution in [0.4, 0.5) is 26.3 Å². The molecule has 1 aliphatic rings. The molecule has 0 fully saturated rings. The van der Waals surface area contributed by atoms with Crippen molar-refractivity contribution in [3.63, 3.8) is 0 Å². The van der Waals surface area contributed by atoms with E-state index in [1.807, 2.05) is 0 Å². The molecule has 1 N–H and O–H groups in total. The Balaban J connectivity index is 1.71. The number of benzene rings is 2. The predicted molar refractivity (Wildman–Crippen MR) is 109 cm³/mol. The second-order valence-electron chi connectivity index (χ2n) is 7.66. The highest BCUT2D eigenvalue weighted by atomic mass is 19.4. The summed E-state index contributed by atoms with van der Waals surface area (Å²) in [6.07, 6.45) is -7.83. The first-order chi connectivity index (χ1) is 16.3. The summed E-state index contributed by atoms with van der Waals surface area (Å²) in [7, 11) is 0. The molecule has 1 aromatic heterocycles. The van der Waals surface area contributed by atoms with Crippen LogP contribution in [0.15, 0.2) is 60.4 Å². The minimum Gasteiger partial charge on any atom is -0.456 e. The monoisotopic (exact) mass is 496 g/mol. The van der Waals surface area contributed by atoms with Gasteiger partial charge in [-0.15, -0.1) is 0 Å². The van der Waals surface area contributed by atoms with E-state index in [0.717, 1.165) is 6.08 Å². The predicted octanol–water partition coefficient (Wildman–Crippen LogP) is 4.47. The van der Waals surface area contributed by atoms with Crippen LogP contribution in [0.1, 0.15) is 27.0 Å². The SMILES string of the molecule is O=C1C=C(NC(=O)C(=O)c2cn(Cc3cc(C(F)(F)F)cc(C(F)(F)F)c3)c3ccccc23)CO1. The number of para-hydroxylation sites is 1. The molecular weight excluding hydrogens is 482 g/mol. The fourth-order valence-electron chi connectivity index (χ4n) is 3.64. The number of hydrogen-bond acceptors (Lipinski definition) is 4. The summed E-state index contributed by atoms with van der Waals surface area (Å²) in [4.78, 5) is 36.3. The molecule has 6 nitrogen and oxygen atoms in total. The highest BCUT2D eigenvalue weighted by Gasteiger charge is 2.37. The van der Waals surface area contributed by atoms with Crippen LogP contribution in [-0.4, -0.2) is 28.8 Å². The fourth-order valence-corrected chi connectivity index (χ4v) is 3.64. The molecule has 4 rings (SSSR count). The fraction of sp³-hybridized carbons (Fsp3) is 0.174. The van der Waals surface area contributed by atoms with Crippen molar-refractivity contribution in [2.24, 2.45) is 0 Å². The van der Waals surface area contributed by atoms with Gasteiger partial charge in [0.25, 0.3) is 11.7 Å². The van der Waals surface area contributed by atoms with Gasteiger partial charge in [-0.1, -0.05) is 18.2 Å². The summed E-state index contributed by atoms with van der Waals surface area (Å²) in [5, 5.41) is 2.51. The maximum absolute atomic E-state index is 13.2. The molecule has 0 aliphatic carbocycles. The highest BCUT2D eigenvalue weighted by Crippen LogP contribution is 2.36. The van der Waals surface area contributed by atoms with Gasteiger partial charge in [-0.25, -0.2) is 4.79 Å². The minimum absolute atomic E-state index is 0.0305. The van der Waals surface area contributed by atoms with Crippen LogP contribution < -0.4 is 5.32 Å². The van der Waals surface area contributed by atoms with E-state index in [9.17, 15) is 40.7 Å². The average molecular weight is 496 g/mol. The lowest BCUT2D eigenvalue weighted by atomic mass is 10.0. The number of ether oxygens (including phenoxy) is 1. The smallest absolute Gasteiger partial charge is 0.416 e. The third-order valence-corrected chi connectivity index (χ3v) is 5.18. The number of fused-ring (bicyclic) bond motifs is 1. The number of rotatable bonds is 5. The van der Waals surface area contributed by atoms with Crippen LogP contribution in [0.5, 0.6) is 0 Å². The molecule has 1 amide bonds. The van der Waals surface area contributed by atoms with Gasteiger partial charge in [-0.05, 0) is 29.8 Å². The number of aromatic nitrogens is 1. The van der Waals surface area contributed by atoms with Crippen molar-refractivity contribution in [2.45, 2.75) is 18.9 Å². The van der Waals surface area contributed by atoms with Gasteiger partial charge in [0, 0.05) is 29.7 Å². The van der Waals surface area contributed by atoms with Crippen LogP contribution in [0.25, 0.3) is 10.9 Å². The van der Waals surface area contributed by atoms with Crippen LogP contribution in [0.2, 0.25) is 0 Å². The highest BCUT2D eigenvalue weighted by molar-refractivity contribution is 6.45. The van der Waals surface area contributed by atoms with Gasteiger partial charge in [0.05, 0.1) is 22.4 Å².